The van der Waals surface area contributed by atoms with Gasteiger partial charge in [-0.2, -0.15) is 4.31 Å². The van der Waals surface area contributed by atoms with E-state index in [9.17, 15) is 13.2 Å². The molecular formula is C11H20N2O3S. The van der Waals surface area contributed by atoms with Gasteiger partial charge in [-0.15, -0.1) is 0 Å². The molecule has 0 radical (unpaired) electrons. The highest BCUT2D eigenvalue weighted by atomic mass is 32.2. The van der Waals surface area contributed by atoms with Crippen LogP contribution >= 0.6 is 0 Å². The Balaban J connectivity index is 2.23. The second-order valence-corrected chi connectivity index (χ2v) is 7.21. The third kappa shape index (κ3) is 2.33. The summed E-state index contributed by atoms with van der Waals surface area (Å²) in [6, 6.07) is 0. The molecular weight excluding hydrogens is 240 g/mol. The van der Waals surface area contributed by atoms with Crippen LogP contribution in [0, 0.1) is 0 Å². The van der Waals surface area contributed by atoms with E-state index >= 15 is 0 Å². The van der Waals surface area contributed by atoms with E-state index in [1.54, 1.807) is 4.90 Å². The first kappa shape index (κ1) is 12.8. The van der Waals surface area contributed by atoms with E-state index < -0.39 is 10.0 Å². The number of sulfonamides is 1. The maximum atomic E-state index is 11.8. The van der Waals surface area contributed by atoms with Gasteiger partial charge in [0.15, 0.2) is 0 Å². The lowest BCUT2D eigenvalue weighted by atomic mass is 9.81. The van der Waals surface area contributed by atoms with Crippen LogP contribution in [-0.2, 0) is 14.8 Å². The van der Waals surface area contributed by atoms with Crippen LogP contribution in [0.3, 0.4) is 0 Å². The minimum absolute atomic E-state index is 0.145. The maximum Gasteiger partial charge on any atom is 0.222 e. The molecule has 1 amide bonds. The number of amides is 1. The largest absolute Gasteiger partial charge is 0.339 e. The third-order valence-corrected chi connectivity index (χ3v) is 5.36. The summed E-state index contributed by atoms with van der Waals surface area (Å²) < 4.78 is 24.8. The molecule has 0 bridgehead atoms. The van der Waals surface area contributed by atoms with Crippen molar-refractivity contribution in [3.8, 4) is 0 Å². The van der Waals surface area contributed by atoms with Crippen LogP contribution in [0.4, 0.5) is 0 Å². The number of carbonyl (C=O) groups is 1. The predicted molar refractivity (Wildman–Crippen MR) is 65.0 cm³/mol. The molecule has 0 aromatic carbocycles. The van der Waals surface area contributed by atoms with Crippen molar-refractivity contribution in [3.05, 3.63) is 0 Å². The topological polar surface area (TPSA) is 57.7 Å². The van der Waals surface area contributed by atoms with Crippen molar-refractivity contribution in [2.24, 2.45) is 0 Å². The summed E-state index contributed by atoms with van der Waals surface area (Å²) in [5.74, 6) is 0.145. The number of likely N-dealkylation sites (tertiary alicyclic amines) is 1. The quantitative estimate of drug-likeness (QED) is 0.686. The van der Waals surface area contributed by atoms with Gasteiger partial charge in [0.25, 0.3) is 0 Å². The molecule has 0 saturated carbocycles. The predicted octanol–water partition coefficient (Wildman–Crippen LogP) is 0.423. The monoisotopic (exact) mass is 260 g/mol. The van der Waals surface area contributed by atoms with Crippen LogP contribution in [0.1, 0.15) is 32.1 Å². The number of rotatable bonds is 1. The highest BCUT2D eigenvalue weighted by Crippen LogP contribution is 2.36. The number of hydrogen-bond acceptors (Lipinski definition) is 3. The van der Waals surface area contributed by atoms with Gasteiger partial charge < -0.3 is 4.90 Å². The maximum absolute atomic E-state index is 11.8. The van der Waals surface area contributed by atoms with E-state index in [4.69, 9.17) is 0 Å². The van der Waals surface area contributed by atoms with Crippen LogP contribution in [0.2, 0.25) is 0 Å². The molecule has 2 rings (SSSR count). The van der Waals surface area contributed by atoms with Crippen molar-refractivity contribution in [2.45, 2.75) is 37.6 Å². The lowest BCUT2D eigenvalue weighted by Crippen LogP contribution is -2.61. The van der Waals surface area contributed by atoms with E-state index in [1.165, 1.54) is 10.6 Å². The van der Waals surface area contributed by atoms with Crippen molar-refractivity contribution < 1.29 is 13.2 Å². The fourth-order valence-corrected chi connectivity index (χ4v) is 3.94. The van der Waals surface area contributed by atoms with Crippen LogP contribution < -0.4 is 0 Å². The van der Waals surface area contributed by atoms with Crippen molar-refractivity contribution in [3.63, 3.8) is 0 Å². The van der Waals surface area contributed by atoms with Crippen molar-refractivity contribution in [1.29, 1.82) is 0 Å². The van der Waals surface area contributed by atoms with Gasteiger partial charge in [0, 0.05) is 26.6 Å². The summed E-state index contributed by atoms with van der Waals surface area (Å²) in [7, 11) is -1.33. The molecule has 0 aromatic heterocycles. The number of hydrogen-bond donors (Lipinski definition) is 0. The number of nitrogens with zero attached hydrogens (tertiary/aromatic N) is 2. The first-order valence-electron chi connectivity index (χ1n) is 6.07. The molecule has 2 aliphatic rings. The fourth-order valence-electron chi connectivity index (χ4n) is 3.00. The SMILES string of the molecule is CN1C(=O)CCCC12CCCN(S(C)(=O)=O)C2. The van der Waals surface area contributed by atoms with Crippen molar-refractivity contribution in [2.75, 3.05) is 26.4 Å². The smallest absolute Gasteiger partial charge is 0.222 e. The Labute approximate surface area is 103 Å². The highest BCUT2D eigenvalue weighted by Gasteiger charge is 2.44. The van der Waals surface area contributed by atoms with Crippen molar-refractivity contribution in [1.82, 2.24) is 9.21 Å². The number of carbonyl (C=O) groups excluding carboxylic acids is 1. The molecule has 98 valence electrons. The molecule has 17 heavy (non-hydrogen) atoms. The van der Waals surface area contributed by atoms with Gasteiger partial charge >= 0.3 is 0 Å². The fraction of sp³-hybridized carbons (Fsp3) is 0.909. The average molecular weight is 260 g/mol. The Hall–Kier alpha value is -0.620. The van der Waals surface area contributed by atoms with Crippen LogP contribution in [0.5, 0.6) is 0 Å². The second kappa shape index (κ2) is 4.24. The molecule has 2 saturated heterocycles. The Kier molecular flexibility index (Phi) is 3.20. The highest BCUT2D eigenvalue weighted by molar-refractivity contribution is 7.88. The van der Waals surface area contributed by atoms with Crippen LogP contribution in [0.25, 0.3) is 0 Å². The van der Waals surface area contributed by atoms with Gasteiger partial charge in [-0.1, -0.05) is 0 Å². The summed E-state index contributed by atoms with van der Waals surface area (Å²) >= 11 is 0. The molecule has 5 nitrogen and oxygen atoms in total. The average Bonchev–Trinajstić information content (AvgIpc) is 2.25. The van der Waals surface area contributed by atoms with Gasteiger partial charge in [-0.05, 0) is 25.7 Å². The van der Waals surface area contributed by atoms with E-state index in [0.29, 0.717) is 19.5 Å². The lowest BCUT2D eigenvalue weighted by molar-refractivity contribution is -0.141. The first-order chi connectivity index (χ1) is 7.85. The minimum atomic E-state index is -3.15. The second-order valence-electron chi connectivity index (χ2n) is 5.23. The summed E-state index contributed by atoms with van der Waals surface area (Å²) in [5, 5.41) is 0. The zero-order chi connectivity index (χ0) is 12.7. The molecule has 2 aliphatic heterocycles. The van der Waals surface area contributed by atoms with E-state index in [0.717, 1.165) is 25.7 Å². The molecule has 1 unspecified atom stereocenters. The molecule has 0 aromatic rings. The Bertz CT molecular complexity index is 416. The van der Waals surface area contributed by atoms with E-state index in [-0.39, 0.29) is 11.4 Å². The van der Waals surface area contributed by atoms with Gasteiger partial charge in [0.1, 0.15) is 0 Å². The molecule has 6 heteroatoms. The number of piperidine rings is 2. The summed E-state index contributed by atoms with van der Waals surface area (Å²) in [6.45, 7) is 1.05. The Morgan fingerprint density at radius 1 is 1.24 bits per heavy atom. The molecule has 1 atom stereocenters. The normalized spacial score (nSPS) is 32.1. The minimum Gasteiger partial charge on any atom is -0.339 e. The summed E-state index contributed by atoms with van der Waals surface area (Å²) in [6.07, 6.45) is 5.39. The van der Waals surface area contributed by atoms with Crippen LogP contribution in [-0.4, -0.2) is 55.5 Å². The Morgan fingerprint density at radius 2 is 1.88 bits per heavy atom. The molecule has 1 spiro atoms. The van der Waals surface area contributed by atoms with Crippen molar-refractivity contribution >= 4 is 15.9 Å². The van der Waals surface area contributed by atoms with Gasteiger partial charge in [-0.25, -0.2) is 8.42 Å². The standard InChI is InChI=1S/C11H20N2O3S/c1-12-10(14)5-3-6-11(12)7-4-8-13(9-11)17(2,15)16/h3-9H2,1-2H3. The summed E-state index contributed by atoms with van der Waals surface area (Å²) in [4.78, 5) is 13.6. The van der Waals surface area contributed by atoms with E-state index in [2.05, 4.69) is 0 Å². The molecule has 2 fully saturated rings. The zero-order valence-electron chi connectivity index (χ0n) is 10.5. The molecule has 0 N–H and O–H groups in total. The number of likely N-dealkylation sites (N-methyl/N-ethyl adjacent to an activating group) is 1. The lowest BCUT2D eigenvalue weighted by Gasteiger charge is -2.50. The first-order valence-corrected chi connectivity index (χ1v) is 7.92. The zero-order valence-corrected chi connectivity index (χ0v) is 11.3. The van der Waals surface area contributed by atoms with E-state index in [1.807, 2.05) is 7.05 Å². The summed E-state index contributed by atoms with van der Waals surface area (Å²) in [5.41, 5.74) is -0.253. The third-order valence-electron chi connectivity index (χ3n) is 4.11. The molecule has 2 heterocycles. The van der Waals surface area contributed by atoms with Gasteiger partial charge in [-0.3, -0.25) is 4.79 Å². The molecule has 0 aliphatic carbocycles. The van der Waals surface area contributed by atoms with Crippen LogP contribution in [0.15, 0.2) is 0 Å². The van der Waals surface area contributed by atoms with Gasteiger partial charge in [0.05, 0.1) is 11.8 Å². The van der Waals surface area contributed by atoms with Gasteiger partial charge in [0.2, 0.25) is 15.9 Å². The Morgan fingerprint density at radius 3 is 2.53 bits per heavy atom.